The average Bonchev–Trinajstić information content (AvgIpc) is 2.98. The van der Waals surface area contributed by atoms with Gasteiger partial charge in [-0.25, -0.2) is 4.98 Å². The summed E-state index contributed by atoms with van der Waals surface area (Å²) >= 11 is 7.67. The summed E-state index contributed by atoms with van der Waals surface area (Å²) in [5.41, 5.74) is 1.05. The molecule has 1 aliphatic carbocycles. The Labute approximate surface area is 104 Å². The lowest BCUT2D eigenvalue weighted by atomic mass is 10.3. The van der Waals surface area contributed by atoms with Gasteiger partial charge in [-0.1, -0.05) is 11.6 Å². The van der Waals surface area contributed by atoms with Crippen LogP contribution < -0.4 is 5.32 Å². The predicted octanol–water partition coefficient (Wildman–Crippen LogP) is 3.45. The van der Waals surface area contributed by atoms with E-state index in [4.69, 9.17) is 11.6 Å². The average molecular weight is 253 g/mol. The predicted molar refractivity (Wildman–Crippen MR) is 69.1 cm³/mol. The fourth-order valence-electron chi connectivity index (χ4n) is 1.73. The highest BCUT2D eigenvalue weighted by Gasteiger charge is 2.20. The number of aromatic nitrogens is 1. The summed E-state index contributed by atoms with van der Waals surface area (Å²) in [7, 11) is 0. The molecule has 1 fully saturated rings. The molecule has 4 heteroatoms. The van der Waals surface area contributed by atoms with Crippen molar-refractivity contribution in [1.29, 1.82) is 0 Å². The quantitative estimate of drug-likeness (QED) is 0.902. The first-order chi connectivity index (χ1) is 7.81. The Hall–Kier alpha value is -0.640. The molecule has 0 atom stereocenters. The Kier molecular flexibility index (Phi) is 2.84. The number of hydrogen-bond acceptors (Lipinski definition) is 3. The van der Waals surface area contributed by atoms with Crippen LogP contribution in [-0.4, -0.2) is 11.5 Å². The molecule has 1 heterocycles. The molecule has 0 amide bonds. The van der Waals surface area contributed by atoms with Crippen LogP contribution in [0.5, 0.6) is 0 Å². The molecule has 1 aromatic heterocycles. The maximum Gasteiger partial charge on any atom is 0.108 e. The van der Waals surface area contributed by atoms with Crippen LogP contribution in [0.1, 0.15) is 17.8 Å². The Morgan fingerprint density at radius 3 is 3.12 bits per heavy atom. The third-order valence-electron chi connectivity index (χ3n) is 2.80. The Balaban J connectivity index is 1.71. The van der Waals surface area contributed by atoms with Crippen molar-refractivity contribution in [1.82, 2.24) is 10.3 Å². The molecule has 1 N–H and O–H groups in total. The second-order valence-electron chi connectivity index (χ2n) is 4.29. The normalized spacial score (nSPS) is 15.8. The minimum Gasteiger partial charge on any atom is -0.310 e. The zero-order valence-corrected chi connectivity index (χ0v) is 10.4. The Morgan fingerprint density at radius 1 is 1.44 bits per heavy atom. The SMILES string of the molecule is Clc1ccc2nc(CNCC3CC3)sc2c1. The number of hydrogen-bond donors (Lipinski definition) is 1. The monoisotopic (exact) mass is 252 g/mol. The molecule has 0 spiro atoms. The van der Waals surface area contributed by atoms with Crippen molar-refractivity contribution in [2.75, 3.05) is 6.54 Å². The summed E-state index contributed by atoms with van der Waals surface area (Å²) in [5, 5.41) is 5.39. The minimum atomic E-state index is 0.786. The van der Waals surface area contributed by atoms with Gasteiger partial charge in [0.2, 0.25) is 0 Å². The van der Waals surface area contributed by atoms with E-state index in [2.05, 4.69) is 10.3 Å². The Morgan fingerprint density at radius 2 is 2.31 bits per heavy atom. The lowest BCUT2D eigenvalue weighted by Gasteiger charge is -1.98. The van der Waals surface area contributed by atoms with Gasteiger partial charge in [-0.15, -0.1) is 11.3 Å². The number of rotatable bonds is 4. The lowest BCUT2D eigenvalue weighted by Crippen LogP contribution is -2.15. The third kappa shape index (κ3) is 2.37. The van der Waals surface area contributed by atoms with E-state index in [0.717, 1.165) is 34.6 Å². The fourth-order valence-corrected chi connectivity index (χ4v) is 2.94. The smallest absolute Gasteiger partial charge is 0.108 e. The second-order valence-corrected chi connectivity index (χ2v) is 5.85. The molecule has 0 bridgehead atoms. The zero-order chi connectivity index (χ0) is 11.0. The summed E-state index contributed by atoms with van der Waals surface area (Å²) in [5.74, 6) is 0.920. The maximum atomic E-state index is 5.95. The highest BCUT2D eigenvalue weighted by molar-refractivity contribution is 7.18. The summed E-state index contributed by atoms with van der Waals surface area (Å²) in [6.07, 6.45) is 2.78. The van der Waals surface area contributed by atoms with Crippen LogP contribution in [0.3, 0.4) is 0 Å². The highest BCUT2D eigenvalue weighted by atomic mass is 35.5. The van der Waals surface area contributed by atoms with Crippen LogP contribution in [0.25, 0.3) is 10.2 Å². The van der Waals surface area contributed by atoms with E-state index >= 15 is 0 Å². The van der Waals surface area contributed by atoms with E-state index in [9.17, 15) is 0 Å². The van der Waals surface area contributed by atoms with Crippen molar-refractivity contribution in [3.05, 3.63) is 28.2 Å². The molecule has 2 aromatic rings. The van der Waals surface area contributed by atoms with Crippen LogP contribution in [0.2, 0.25) is 5.02 Å². The van der Waals surface area contributed by atoms with E-state index in [0.29, 0.717) is 0 Å². The molecule has 16 heavy (non-hydrogen) atoms. The molecule has 0 aliphatic heterocycles. The number of nitrogens with one attached hydrogen (secondary N) is 1. The molecular formula is C12H13ClN2S. The minimum absolute atomic E-state index is 0.786. The lowest BCUT2D eigenvalue weighted by molar-refractivity contribution is 0.637. The topological polar surface area (TPSA) is 24.9 Å². The summed E-state index contributed by atoms with van der Waals surface area (Å²) < 4.78 is 1.18. The molecule has 0 unspecified atom stereocenters. The van der Waals surface area contributed by atoms with Crippen molar-refractivity contribution in [3.63, 3.8) is 0 Å². The molecule has 84 valence electrons. The first kappa shape index (κ1) is 10.5. The molecule has 2 nitrogen and oxygen atoms in total. The molecule has 1 aliphatic rings. The fraction of sp³-hybridized carbons (Fsp3) is 0.417. The van der Waals surface area contributed by atoms with Crippen LogP contribution in [0.15, 0.2) is 18.2 Å². The van der Waals surface area contributed by atoms with Crippen LogP contribution in [0.4, 0.5) is 0 Å². The van der Waals surface area contributed by atoms with E-state index in [1.807, 2.05) is 18.2 Å². The van der Waals surface area contributed by atoms with Crippen molar-refractivity contribution in [3.8, 4) is 0 Å². The molecular weight excluding hydrogens is 240 g/mol. The molecule has 0 radical (unpaired) electrons. The summed E-state index contributed by atoms with van der Waals surface area (Å²) in [6.45, 7) is 2.02. The number of benzene rings is 1. The van der Waals surface area contributed by atoms with Crippen molar-refractivity contribution >= 4 is 33.2 Å². The number of thiazole rings is 1. The van der Waals surface area contributed by atoms with Gasteiger partial charge in [0.25, 0.3) is 0 Å². The van der Waals surface area contributed by atoms with E-state index in [1.165, 1.54) is 17.5 Å². The number of fused-ring (bicyclic) bond motifs is 1. The summed E-state index contributed by atoms with van der Waals surface area (Å²) in [6, 6.07) is 5.86. The standard InChI is InChI=1S/C12H13ClN2S/c13-9-3-4-10-11(5-9)16-12(15-10)7-14-6-8-1-2-8/h3-5,8,14H,1-2,6-7H2. The highest BCUT2D eigenvalue weighted by Crippen LogP contribution is 2.28. The maximum absolute atomic E-state index is 5.95. The van der Waals surface area contributed by atoms with Gasteiger partial charge in [-0.05, 0) is 43.5 Å². The van der Waals surface area contributed by atoms with Crippen LogP contribution in [-0.2, 0) is 6.54 Å². The van der Waals surface area contributed by atoms with Gasteiger partial charge in [0.1, 0.15) is 5.01 Å². The van der Waals surface area contributed by atoms with Crippen molar-refractivity contribution in [2.24, 2.45) is 5.92 Å². The largest absolute Gasteiger partial charge is 0.310 e. The molecule has 3 rings (SSSR count). The molecule has 1 aromatic carbocycles. The van der Waals surface area contributed by atoms with Crippen LogP contribution >= 0.6 is 22.9 Å². The first-order valence-electron chi connectivity index (χ1n) is 5.57. The van der Waals surface area contributed by atoms with Gasteiger partial charge in [0.05, 0.1) is 10.2 Å². The van der Waals surface area contributed by atoms with Gasteiger partial charge in [0.15, 0.2) is 0 Å². The van der Waals surface area contributed by atoms with Crippen LogP contribution in [0, 0.1) is 5.92 Å². The van der Waals surface area contributed by atoms with Crippen molar-refractivity contribution in [2.45, 2.75) is 19.4 Å². The number of nitrogens with zero attached hydrogens (tertiary/aromatic N) is 1. The van der Waals surface area contributed by atoms with E-state index < -0.39 is 0 Å². The Bertz CT molecular complexity index is 505. The second kappa shape index (κ2) is 4.32. The summed E-state index contributed by atoms with van der Waals surface area (Å²) in [4.78, 5) is 4.57. The van der Waals surface area contributed by atoms with Gasteiger partial charge in [0, 0.05) is 11.6 Å². The van der Waals surface area contributed by atoms with E-state index in [-0.39, 0.29) is 0 Å². The first-order valence-corrected chi connectivity index (χ1v) is 6.76. The molecule has 1 saturated carbocycles. The van der Waals surface area contributed by atoms with Gasteiger partial charge in [-0.3, -0.25) is 0 Å². The zero-order valence-electron chi connectivity index (χ0n) is 8.87. The van der Waals surface area contributed by atoms with Gasteiger partial charge in [-0.2, -0.15) is 0 Å². The number of halogens is 1. The third-order valence-corrected chi connectivity index (χ3v) is 4.05. The van der Waals surface area contributed by atoms with E-state index in [1.54, 1.807) is 11.3 Å². The van der Waals surface area contributed by atoms with Gasteiger partial charge < -0.3 is 5.32 Å². The van der Waals surface area contributed by atoms with Crippen molar-refractivity contribution < 1.29 is 0 Å². The molecule has 0 saturated heterocycles. The van der Waals surface area contributed by atoms with Gasteiger partial charge >= 0.3 is 0 Å².